The first-order valence-electron chi connectivity index (χ1n) is 5.21. The van der Waals surface area contributed by atoms with Crippen molar-refractivity contribution in [2.24, 2.45) is 0 Å². The Morgan fingerprint density at radius 2 is 1.94 bits per heavy atom. The molecule has 0 saturated heterocycles. The number of benzene rings is 1. The summed E-state index contributed by atoms with van der Waals surface area (Å²) in [6.45, 7) is 1.94. The summed E-state index contributed by atoms with van der Waals surface area (Å²) in [7, 11) is 0. The van der Waals surface area contributed by atoms with Gasteiger partial charge < -0.3 is 4.74 Å². The second-order valence-corrected chi connectivity index (χ2v) is 5.10. The van der Waals surface area contributed by atoms with Gasteiger partial charge in [-0.15, -0.1) is 11.8 Å². The van der Waals surface area contributed by atoms with Crippen LogP contribution in [0.1, 0.15) is 6.92 Å². The van der Waals surface area contributed by atoms with Crippen molar-refractivity contribution in [2.75, 3.05) is 12.4 Å². The van der Waals surface area contributed by atoms with Crippen LogP contribution in [0.3, 0.4) is 0 Å². The molecule has 0 fully saturated rings. The highest BCUT2D eigenvalue weighted by Crippen LogP contribution is 2.20. The molecule has 1 aromatic carbocycles. The van der Waals surface area contributed by atoms with E-state index in [0.717, 1.165) is 9.37 Å². The third-order valence-electron chi connectivity index (χ3n) is 1.76. The molecule has 2 N–H and O–H groups in total. The summed E-state index contributed by atoms with van der Waals surface area (Å²) in [5.41, 5.74) is 4.40. The van der Waals surface area contributed by atoms with Crippen molar-refractivity contribution in [3.05, 3.63) is 28.7 Å². The minimum absolute atomic E-state index is 0.216. The van der Waals surface area contributed by atoms with Crippen LogP contribution >= 0.6 is 27.7 Å². The third kappa shape index (κ3) is 5.92. The van der Waals surface area contributed by atoms with E-state index in [1.165, 1.54) is 11.8 Å². The van der Waals surface area contributed by atoms with E-state index in [-0.39, 0.29) is 18.3 Å². The van der Waals surface area contributed by atoms with Gasteiger partial charge in [0, 0.05) is 9.37 Å². The highest BCUT2D eigenvalue weighted by atomic mass is 79.9. The largest absolute Gasteiger partial charge is 0.449 e. The van der Waals surface area contributed by atoms with Crippen LogP contribution in [0, 0.1) is 0 Å². The summed E-state index contributed by atoms with van der Waals surface area (Å²) >= 11 is 4.71. The van der Waals surface area contributed by atoms with Gasteiger partial charge in [-0.05, 0) is 31.2 Å². The molecular formula is C11H13BrN2O3S. The van der Waals surface area contributed by atoms with Gasteiger partial charge in [0.15, 0.2) is 0 Å². The predicted molar refractivity (Wildman–Crippen MR) is 73.2 cm³/mol. The van der Waals surface area contributed by atoms with Gasteiger partial charge in [0.2, 0.25) is 5.91 Å². The number of amides is 2. The molecule has 0 unspecified atom stereocenters. The van der Waals surface area contributed by atoms with Crippen molar-refractivity contribution >= 4 is 39.7 Å². The fourth-order valence-electron chi connectivity index (χ4n) is 1.00. The van der Waals surface area contributed by atoms with Gasteiger partial charge in [0.05, 0.1) is 12.4 Å². The van der Waals surface area contributed by atoms with Crippen LogP contribution in [0.4, 0.5) is 4.79 Å². The molecule has 1 rings (SSSR count). The minimum Gasteiger partial charge on any atom is -0.449 e. The molecule has 0 aliphatic carbocycles. The predicted octanol–water partition coefficient (Wildman–Crippen LogP) is 2.32. The van der Waals surface area contributed by atoms with E-state index in [9.17, 15) is 9.59 Å². The van der Waals surface area contributed by atoms with Crippen molar-refractivity contribution in [1.29, 1.82) is 0 Å². The van der Waals surface area contributed by atoms with Crippen LogP contribution in [0.5, 0.6) is 0 Å². The summed E-state index contributed by atoms with van der Waals surface area (Å²) < 4.78 is 5.58. The summed E-state index contributed by atoms with van der Waals surface area (Å²) in [6, 6.07) is 7.61. The highest BCUT2D eigenvalue weighted by molar-refractivity contribution is 9.10. The molecule has 0 aliphatic heterocycles. The van der Waals surface area contributed by atoms with Crippen molar-refractivity contribution in [3.8, 4) is 0 Å². The number of rotatable bonds is 4. The van der Waals surface area contributed by atoms with Gasteiger partial charge >= 0.3 is 6.09 Å². The highest BCUT2D eigenvalue weighted by Gasteiger charge is 2.05. The summed E-state index contributed by atoms with van der Waals surface area (Å²) in [6.07, 6.45) is -0.667. The van der Waals surface area contributed by atoms with E-state index in [2.05, 4.69) is 31.5 Å². The van der Waals surface area contributed by atoms with Gasteiger partial charge in [-0.1, -0.05) is 15.9 Å². The Morgan fingerprint density at radius 1 is 1.28 bits per heavy atom. The lowest BCUT2D eigenvalue weighted by Crippen LogP contribution is -2.42. The maximum Gasteiger partial charge on any atom is 0.426 e. The minimum atomic E-state index is -0.667. The Hall–Kier alpha value is -1.21. The van der Waals surface area contributed by atoms with E-state index in [1.54, 1.807) is 6.92 Å². The number of carbonyl (C=O) groups excluding carboxylic acids is 2. The van der Waals surface area contributed by atoms with Crippen LogP contribution < -0.4 is 10.9 Å². The first kappa shape index (κ1) is 14.8. The lowest BCUT2D eigenvalue weighted by Gasteiger charge is -2.06. The number of carbonyl (C=O) groups is 2. The number of ether oxygens (including phenoxy) is 1. The molecule has 0 bridgehead atoms. The quantitative estimate of drug-likeness (QED) is 0.655. The molecule has 2 amide bonds. The van der Waals surface area contributed by atoms with Gasteiger partial charge in [0.25, 0.3) is 0 Å². The van der Waals surface area contributed by atoms with Gasteiger partial charge in [0.1, 0.15) is 0 Å². The number of hydrogen-bond donors (Lipinski definition) is 2. The maximum atomic E-state index is 11.4. The Kier molecular flexibility index (Phi) is 6.59. The summed E-state index contributed by atoms with van der Waals surface area (Å²) in [5.74, 6) is -0.0791. The Balaban J connectivity index is 2.24. The maximum absolute atomic E-state index is 11.4. The average molecular weight is 333 g/mol. The average Bonchev–Trinajstić information content (AvgIpc) is 2.36. The Bertz CT molecular complexity index is 411. The van der Waals surface area contributed by atoms with Crippen LogP contribution in [0.15, 0.2) is 33.6 Å². The molecule has 0 spiro atoms. The first-order chi connectivity index (χ1) is 8.61. The number of thioether (sulfide) groups is 1. The van der Waals surface area contributed by atoms with Gasteiger partial charge in [-0.3, -0.25) is 10.2 Å². The summed E-state index contributed by atoms with van der Waals surface area (Å²) in [5, 5.41) is 0. The monoisotopic (exact) mass is 332 g/mol. The molecule has 1 aromatic rings. The molecule has 0 atom stereocenters. The fourth-order valence-corrected chi connectivity index (χ4v) is 1.97. The van der Waals surface area contributed by atoms with Crippen molar-refractivity contribution in [1.82, 2.24) is 10.9 Å². The molecule has 0 saturated carbocycles. The molecule has 0 aromatic heterocycles. The SMILES string of the molecule is CCOC(=O)NNC(=O)CSc1ccc(Br)cc1. The first-order valence-corrected chi connectivity index (χ1v) is 6.99. The third-order valence-corrected chi connectivity index (χ3v) is 3.30. The molecule has 18 heavy (non-hydrogen) atoms. The van der Waals surface area contributed by atoms with Crippen molar-refractivity contribution in [3.63, 3.8) is 0 Å². The number of hydrogen-bond acceptors (Lipinski definition) is 4. The van der Waals surface area contributed by atoms with E-state index >= 15 is 0 Å². The van der Waals surface area contributed by atoms with Crippen LogP contribution in [0.2, 0.25) is 0 Å². The number of halogens is 1. The standard InChI is InChI=1S/C11H13BrN2O3S/c1-2-17-11(16)14-13-10(15)7-18-9-5-3-8(12)4-6-9/h3-6H,2,7H2,1H3,(H,13,15)(H,14,16). The second kappa shape index (κ2) is 7.99. The molecule has 7 heteroatoms. The van der Waals surface area contributed by atoms with Crippen LogP contribution in [0.25, 0.3) is 0 Å². The lowest BCUT2D eigenvalue weighted by atomic mass is 10.4. The molecule has 0 aliphatic rings. The molecule has 0 heterocycles. The van der Waals surface area contributed by atoms with E-state index in [1.807, 2.05) is 24.3 Å². The summed E-state index contributed by atoms with van der Waals surface area (Å²) in [4.78, 5) is 23.3. The molecule has 0 radical (unpaired) electrons. The fraction of sp³-hybridized carbons (Fsp3) is 0.273. The second-order valence-electron chi connectivity index (χ2n) is 3.14. The van der Waals surface area contributed by atoms with Gasteiger partial charge in [-0.2, -0.15) is 0 Å². The zero-order valence-electron chi connectivity index (χ0n) is 9.73. The van der Waals surface area contributed by atoms with E-state index < -0.39 is 6.09 Å². The topological polar surface area (TPSA) is 67.4 Å². The molecule has 98 valence electrons. The Labute approximate surface area is 118 Å². The molecular weight excluding hydrogens is 320 g/mol. The lowest BCUT2D eigenvalue weighted by molar-refractivity contribution is -0.119. The van der Waals surface area contributed by atoms with Gasteiger partial charge in [-0.25, -0.2) is 10.2 Å². The van der Waals surface area contributed by atoms with Crippen LogP contribution in [-0.2, 0) is 9.53 Å². The molecule has 5 nitrogen and oxygen atoms in total. The number of hydrazine groups is 1. The normalized spacial score (nSPS) is 9.67. The number of nitrogens with one attached hydrogen (secondary N) is 2. The van der Waals surface area contributed by atoms with Crippen molar-refractivity contribution < 1.29 is 14.3 Å². The van der Waals surface area contributed by atoms with Crippen LogP contribution in [-0.4, -0.2) is 24.4 Å². The Morgan fingerprint density at radius 3 is 2.56 bits per heavy atom. The zero-order valence-corrected chi connectivity index (χ0v) is 12.1. The smallest absolute Gasteiger partial charge is 0.426 e. The zero-order chi connectivity index (χ0) is 13.4. The van der Waals surface area contributed by atoms with E-state index in [4.69, 9.17) is 0 Å². The van der Waals surface area contributed by atoms with E-state index in [0.29, 0.717) is 0 Å². The van der Waals surface area contributed by atoms with Crippen molar-refractivity contribution in [2.45, 2.75) is 11.8 Å².